The first-order valence-electron chi connectivity index (χ1n) is 7.10. The second-order valence-corrected chi connectivity index (χ2v) is 5.83. The van der Waals surface area contributed by atoms with Crippen LogP contribution in [0.3, 0.4) is 0 Å². The van der Waals surface area contributed by atoms with Crippen LogP contribution in [0, 0.1) is 5.41 Å². The predicted octanol–water partition coefficient (Wildman–Crippen LogP) is 2.11. The number of halogens is 1. The number of nitrogens with zero attached hydrogens (tertiary/aromatic N) is 1. The molecule has 6 heteroatoms. The van der Waals surface area contributed by atoms with Gasteiger partial charge in [0.1, 0.15) is 24.3 Å². The van der Waals surface area contributed by atoms with E-state index in [9.17, 15) is 0 Å². The van der Waals surface area contributed by atoms with Crippen LogP contribution in [0.1, 0.15) is 19.4 Å². The molecule has 0 radical (unpaired) electrons. The number of benzene rings is 1. The van der Waals surface area contributed by atoms with Gasteiger partial charge in [-0.1, -0.05) is 17.7 Å². The molecule has 3 N–H and O–H groups in total. The van der Waals surface area contributed by atoms with Gasteiger partial charge in [-0.25, -0.2) is 0 Å². The lowest BCUT2D eigenvalue weighted by Crippen LogP contribution is -2.47. The number of hydrogen-bond donors (Lipinski definition) is 2. The minimum atomic E-state index is -0.0935. The Bertz CT molecular complexity index is 508. The molecule has 0 amide bonds. The fourth-order valence-electron chi connectivity index (χ4n) is 2.38. The van der Waals surface area contributed by atoms with E-state index >= 15 is 0 Å². The lowest BCUT2D eigenvalue weighted by Gasteiger charge is -2.35. The van der Waals surface area contributed by atoms with Crippen LogP contribution < -0.4 is 10.5 Å². The maximum atomic E-state index is 7.60. The molecule has 5 nitrogen and oxygen atoms in total. The Morgan fingerprint density at radius 3 is 3.00 bits per heavy atom. The Balaban J connectivity index is 2.00. The van der Waals surface area contributed by atoms with Gasteiger partial charge in [-0.3, -0.25) is 10.3 Å². The Morgan fingerprint density at radius 2 is 2.33 bits per heavy atom. The first-order valence-corrected chi connectivity index (χ1v) is 7.48. The summed E-state index contributed by atoms with van der Waals surface area (Å²) in [5, 5.41) is 8.03. The highest BCUT2D eigenvalue weighted by molar-refractivity contribution is 6.34. The van der Waals surface area contributed by atoms with Crippen LogP contribution in [0.5, 0.6) is 5.75 Å². The molecule has 1 unspecified atom stereocenters. The Labute approximate surface area is 130 Å². The minimum absolute atomic E-state index is 0.0138. The van der Waals surface area contributed by atoms with Crippen molar-refractivity contribution < 1.29 is 9.47 Å². The van der Waals surface area contributed by atoms with E-state index in [0.29, 0.717) is 35.6 Å². The van der Waals surface area contributed by atoms with Gasteiger partial charge in [0.15, 0.2) is 0 Å². The average molecular weight is 312 g/mol. The molecule has 0 saturated carbocycles. The number of rotatable bonds is 5. The summed E-state index contributed by atoms with van der Waals surface area (Å²) in [7, 11) is 0. The van der Waals surface area contributed by atoms with Crippen LogP contribution in [-0.2, 0) is 4.74 Å². The molecule has 116 valence electrons. The second kappa shape index (κ2) is 7.11. The summed E-state index contributed by atoms with van der Waals surface area (Å²) in [5.74, 6) is 0.434. The number of nitrogens with two attached hydrogens (primary N) is 1. The van der Waals surface area contributed by atoms with Crippen molar-refractivity contribution >= 4 is 17.4 Å². The lowest BCUT2D eigenvalue weighted by atomic mass is 10.2. The van der Waals surface area contributed by atoms with Crippen molar-refractivity contribution in [2.75, 3.05) is 26.3 Å². The summed E-state index contributed by atoms with van der Waals surface area (Å²) in [6.07, 6.45) is 0.0138. The zero-order valence-electron chi connectivity index (χ0n) is 12.4. The van der Waals surface area contributed by atoms with Gasteiger partial charge in [0.25, 0.3) is 0 Å². The van der Waals surface area contributed by atoms with Gasteiger partial charge >= 0.3 is 0 Å². The molecule has 1 aliphatic rings. The van der Waals surface area contributed by atoms with E-state index in [1.807, 2.05) is 0 Å². The number of morpholine rings is 1. The molecular formula is C15H22ClN3O2. The summed E-state index contributed by atoms with van der Waals surface area (Å²) in [5.41, 5.74) is 6.01. The highest BCUT2D eigenvalue weighted by Crippen LogP contribution is 2.26. The summed E-state index contributed by atoms with van der Waals surface area (Å²) in [6.45, 7) is 7.27. The fraction of sp³-hybridized carbons (Fsp3) is 0.533. The molecule has 1 saturated heterocycles. The largest absolute Gasteiger partial charge is 0.490 e. The molecule has 1 aromatic rings. The van der Waals surface area contributed by atoms with Crippen LogP contribution in [0.15, 0.2) is 18.2 Å². The lowest BCUT2D eigenvalue weighted by molar-refractivity contribution is -0.0564. The van der Waals surface area contributed by atoms with Crippen molar-refractivity contribution in [1.29, 1.82) is 5.41 Å². The van der Waals surface area contributed by atoms with Crippen molar-refractivity contribution in [2.24, 2.45) is 5.73 Å². The average Bonchev–Trinajstić information content (AvgIpc) is 2.45. The normalized spacial score (nSPS) is 19.7. The van der Waals surface area contributed by atoms with Gasteiger partial charge in [0.2, 0.25) is 0 Å². The van der Waals surface area contributed by atoms with Crippen LogP contribution >= 0.6 is 11.6 Å². The Morgan fingerprint density at radius 1 is 1.57 bits per heavy atom. The molecule has 21 heavy (non-hydrogen) atoms. The van der Waals surface area contributed by atoms with E-state index in [1.54, 1.807) is 18.2 Å². The Hall–Kier alpha value is -1.30. The van der Waals surface area contributed by atoms with Crippen molar-refractivity contribution in [3.8, 4) is 5.75 Å². The van der Waals surface area contributed by atoms with E-state index in [0.717, 1.165) is 13.1 Å². The maximum Gasteiger partial charge on any atom is 0.131 e. The summed E-state index contributed by atoms with van der Waals surface area (Å²) in [4.78, 5) is 2.36. The van der Waals surface area contributed by atoms with Crippen molar-refractivity contribution in [3.05, 3.63) is 28.8 Å². The highest BCUT2D eigenvalue weighted by Gasteiger charge is 2.23. The third kappa shape index (κ3) is 4.09. The van der Waals surface area contributed by atoms with Gasteiger partial charge in [-0.05, 0) is 26.0 Å². The molecule has 1 aliphatic heterocycles. The van der Waals surface area contributed by atoms with Crippen LogP contribution in [0.2, 0.25) is 5.02 Å². The topological polar surface area (TPSA) is 71.6 Å². The number of amidine groups is 1. The van der Waals surface area contributed by atoms with Crippen LogP contribution in [-0.4, -0.2) is 49.2 Å². The first-order chi connectivity index (χ1) is 9.99. The fourth-order valence-corrected chi connectivity index (χ4v) is 2.65. The second-order valence-electron chi connectivity index (χ2n) is 5.42. The van der Waals surface area contributed by atoms with Gasteiger partial charge in [-0.15, -0.1) is 0 Å². The molecule has 1 heterocycles. The van der Waals surface area contributed by atoms with Gasteiger partial charge in [-0.2, -0.15) is 0 Å². The maximum absolute atomic E-state index is 7.60. The Kier molecular flexibility index (Phi) is 5.45. The zero-order chi connectivity index (χ0) is 15.4. The summed E-state index contributed by atoms with van der Waals surface area (Å²) in [6, 6.07) is 5.75. The SMILES string of the molecule is CC(C)N1CCOC(COc2cccc(Cl)c2C(=N)N)C1. The van der Waals surface area contributed by atoms with E-state index in [4.69, 9.17) is 32.2 Å². The van der Waals surface area contributed by atoms with E-state index in [-0.39, 0.29) is 11.9 Å². The third-order valence-electron chi connectivity index (χ3n) is 3.57. The highest BCUT2D eigenvalue weighted by atomic mass is 35.5. The number of nitrogen functional groups attached to an aromatic ring is 1. The van der Waals surface area contributed by atoms with Crippen molar-refractivity contribution in [2.45, 2.75) is 26.0 Å². The standard InChI is InChI=1S/C15H22ClN3O2/c1-10(2)19-6-7-20-11(8-19)9-21-13-5-3-4-12(16)14(13)15(17)18/h3-5,10-11H,6-9H2,1-2H3,(H3,17,18). The number of ether oxygens (including phenoxy) is 2. The molecule has 0 bridgehead atoms. The molecule has 1 atom stereocenters. The first kappa shape index (κ1) is 16.1. The number of hydrogen-bond acceptors (Lipinski definition) is 4. The molecule has 1 aromatic carbocycles. The minimum Gasteiger partial charge on any atom is -0.490 e. The van der Waals surface area contributed by atoms with Crippen LogP contribution in [0.25, 0.3) is 0 Å². The van der Waals surface area contributed by atoms with Gasteiger partial charge in [0, 0.05) is 19.1 Å². The quantitative estimate of drug-likeness (QED) is 0.645. The van der Waals surface area contributed by atoms with Gasteiger partial charge < -0.3 is 15.2 Å². The third-order valence-corrected chi connectivity index (χ3v) is 3.88. The molecule has 0 aliphatic carbocycles. The van der Waals surface area contributed by atoms with E-state index < -0.39 is 0 Å². The predicted molar refractivity (Wildman–Crippen MR) is 84.4 cm³/mol. The van der Waals surface area contributed by atoms with Crippen molar-refractivity contribution in [1.82, 2.24) is 4.90 Å². The number of nitrogens with one attached hydrogen (secondary N) is 1. The molecule has 1 fully saturated rings. The zero-order valence-corrected chi connectivity index (χ0v) is 13.2. The van der Waals surface area contributed by atoms with E-state index in [2.05, 4.69) is 18.7 Å². The molecule has 0 spiro atoms. The smallest absolute Gasteiger partial charge is 0.131 e. The summed E-state index contributed by atoms with van der Waals surface area (Å²) >= 11 is 6.07. The van der Waals surface area contributed by atoms with Crippen molar-refractivity contribution in [3.63, 3.8) is 0 Å². The summed E-state index contributed by atoms with van der Waals surface area (Å²) < 4.78 is 11.5. The van der Waals surface area contributed by atoms with Gasteiger partial charge in [0.05, 0.1) is 17.2 Å². The van der Waals surface area contributed by atoms with E-state index in [1.165, 1.54) is 0 Å². The monoisotopic (exact) mass is 311 g/mol. The molecule has 0 aromatic heterocycles. The molecule has 2 rings (SSSR count). The molecular weight excluding hydrogens is 290 g/mol. The van der Waals surface area contributed by atoms with Crippen LogP contribution in [0.4, 0.5) is 0 Å².